The Bertz CT molecular complexity index is 1170. The third-order valence-electron chi connectivity index (χ3n) is 6.45. The van der Waals surface area contributed by atoms with Crippen molar-refractivity contribution in [3.05, 3.63) is 57.9 Å². The summed E-state index contributed by atoms with van der Waals surface area (Å²) in [5, 5.41) is 3.16. The molecule has 7 heteroatoms. The fraction of sp³-hybridized carbons (Fsp3) is 0.385. The van der Waals surface area contributed by atoms with Crippen LogP contribution in [-0.4, -0.2) is 49.1 Å². The average Bonchev–Trinajstić information content (AvgIpc) is 3.45. The molecule has 0 saturated heterocycles. The van der Waals surface area contributed by atoms with Crippen molar-refractivity contribution in [2.45, 2.75) is 38.8 Å². The second kappa shape index (κ2) is 9.15. The molecule has 0 spiro atoms. The Morgan fingerprint density at radius 1 is 1.18 bits per heavy atom. The first kappa shape index (κ1) is 21.9. The molecule has 33 heavy (non-hydrogen) atoms. The van der Waals surface area contributed by atoms with Crippen molar-refractivity contribution in [3.63, 3.8) is 0 Å². The molecule has 172 valence electrons. The van der Waals surface area contributed by atoms with Gasteiger partial charge in [-0.15, -0.1) is 11.3 Å². The molecule has 6 nitrogen and oxygen atoms in total. The van der Waals surface area contributed by atoms with E-state index in [9.17, 15) is 4.79 Å². The topological polar surface area (TPSA) is 54.9 Å². The second-order valence-electron chi connectivity index (χ2n) is 8.70. The maximum Gasteiger partial charge on any atom is 0.241 e. The van der Waals surface area contributed by atoms with Crippen LogP contribution in [0.15, 0.2) is 41.8 Å². The van der Waals surface area contributed by atoms with E-state index in [-0.39, 0.29) is 5.91 Å². The number of fused-ring (bicyclic) bond motifs is 1. The molecule has 1 aliphatic carbocycles. The number of benzene rings is 2. The van der Waals surface area contributed by atoms with Gasteiger partial charge >= 0.3 is 0 Å². The molecule has 0 radical (unpaired) electrons. The number of anilines is 1. The number of hydrogen-bond acceptors (Lipinski definition) is 6. The summed E-state index contributed by atoms with van der Waals surface area (Å²) in [4.78, 5) is 22.2. The number of carbonyl (C=O) groups excluding carboxylic acids is 1. The molecule has 2 aromatic carbocycles. The molecule has 5 rings (SSSR count). The Labute approximate surface area is 198 Å². The van der Waals surface area contributed by atoms with Crippen molar-refractivity contribution in [1.29, 1.82) is 0 Å². The van der Waals surface area contributed by atoms with E-state index in [1.165, 1.54) is 5.56 Å². The minimum Gasteiger partial charge on any atom is -0.497 e. The average molecular weight is 464 g/mol. The summed E-state index contributed by atoms with van der Waals surface area (Å²) >= 11 is 1.66. The Kier molecular flexibility index (Phi) is 6.08. The molecular formula is C26H29N3O3S. The highest BCUT2D eigenvalue weighted by Crippen LogP contribution is 2.35. The second-order valence-corrected chi connectivity index (χ2v) is 9.77. The number of thiazole rings is 1. The highest BCUT2D eigenvalue weighted by atomic mass is 32.1. The molecule has 0 atom stereocenters. The van der Waals surface area contributed by atoms with Gasteiger partial charge in [0.15, 0.2) is 0 Å². The first-order chi connectivity index (χ1) is 16.1. The molecule has 1 saturated carbocycles. The number of rotatable bonds is 8. The molecule has 0 unspecified atom stereocenters. The van der Waals surface area contributed by atoms with E-state index >= 15 is 0 Å². The van der Waals surface area contributed by atoms with Crippen LogP contribution in [0.2, 0.25) is 0 Å². The summed E-state index contributed by atoms with van der Waals surface area (Å²) < 4.78 is 11.0. The Morgan fingerprint density at radius 2 is 2.03 bits per heavy atom. The molecule has 3 aromatic rings. The first-order valence-corrected chi connectivity index (χ1v) is 12.2. The van der Waals surface area contributed by atoms with Crippen molar-refractivity contribution in [3.8, 4) is 22.8 Å². The monoisotopic (exact) mass is 463 g/mol. The van der Waals surface area contributed by atoms with Gasteiger partial charge < -0.3 is 14.4 Å². The van der Waals surface area contributed by atoms with Crippen molar-refractivity contribution in [2.75, 3.05) is 32.2 Å². The SMILES string of the molecule is COc1ccc(OC)c(CN(CC(=O)N2CCc3cc(-c4csc(C)n4)ccc32)C2CC2)c1. The normalized spacial score (nSPS) is 15.1. The maximum absolute atomic E-state index is 13.4. The van der Waals surface area contributed by atoms with Gasteiger partial charge in [-0.05, 0) is 62.1 Å². The number of amides is 1. The fourth-order valence-electron chi connectivity index (χ4n) is 4.55. The van der Waals surface area contributed by atoms with Gasteiger partial charge in [0.1, 0.15) is 11.5 Å². The number of aromatic nitrogens is 1. The summed E-state index contributed by atoms with van der Waals surface area (Å²) in [6.45, 7) is 3.82. The van der Waals surface area contributed by atoms with E-state index in [1.54, 1.807) is 25.6 Å². The molecule has 2 aliphatic rings. The zero-order valence-electron chi connectivity index (χ0n) is 19.3. The summed E-state index contributed by atoms with van der Waals surface area (Å²) in [6.07, 6.45) is 3.14. The standard InChI is InChI=1S/C26H29N3O3S/c1-17-27-23(16-33-17)18-4-8-24-19(12-18)10-11-29(24)26(30)15-28(21-5-6-21)14-20-13-22(31-2)7-9-25(20)32-3/h4,7-9,12-13,16,21H,5-6,10-11,14-15H2,1-3H3. The number of carbonyl (C=O) groups is 1. The van der Waals surface area contributed by atoms with Crippen LogP contribution in [0.4, 0.5) is 5.69 Å². The smallest absolute Gasteiger partial charge is 0.241 e. The number of hydrogen-bond donors (Lipinski definition) is 0. The first-order valence-electron chi connectivity index (χ1n) is 11.4. The van der Waals surface area contributed by atoms with Gasteiger partial charge in [0.2, 0.25) is 5.91 Å². The number of nitrogens with zero attached hydrogens (tertiary/aromatic N) is 3. The number of aryl methyl sites for hydroxylation is 1. The lowest BCUT2D eigenvalue weighted by Crippen LogP contribution is -2.40. The molecule has 2 heterocycles. The molecule has 1 amide bonds. The van der Waals surface area contributed by atoms with Gasteiger partial charge in [0.05, 0.1) is 31.5 Å². The van der Waals surface area contributed by atoms with E-state index in [1.807, 2.05) is 30.0 Å². The Morgan fingerprint density at radius 3 is 2.73 bits per heavy atom. The van der Waals surface area contributed by atoms with Crippen LogP contribution < -0.4 is 14.4 Å². The van der Waals surface area contributed by atoms with Crippen LogP contribution >= 0.6 is 11.3 Å². The minimum absolute atomic E-state index is 0.153. The predicted molar refractivity (Wildman–Crippen MR) is 131 cm³/mol. The third-order valence-corrected chi connectivity index (χ3v) is 7.23. The fourth-order valence-corrected chi connectivity index (χ4v) is 5.18. The van der Waals surface area contributed by atoms with E-state index in [4.69, 9.17) is 9.47 Å². The van der Waals surface area contributed by atoms with Crippen molar-refractivity contribution < 1.29 is 14.3 Å². The summed E-state index contributed by atoms with van der Waals surface area (Å²) in [5.41, 5.74) is 5.43. The van der Waals surface area contributed by atoms with Crippen LogP contribution in [0.25, 0.3) is 11.3 Å². The Balaban J connectivity index is 1.32. The van der Waals surface area contributed by atoms with E-state index in [0.717, 1.165) is 64.8 Å². The molecule has 1 aliphatic heterocycles. The van der Waals surface area contributed by atoms with Gasteiger partial charge in [-0.1, -0.05) is 6.07 Å². The van der Waals surface area contributed by atoms with Crippen LogP contribution in [-0.2, 0) is 17.8 Å². The van der Waals surface area contributed by atoms with Gasteiger partial charge in [0, 0.05) is 41.3 Å². The molecule has 0 bridgehead atoms. The Hall–Kier alpha value is -2.90. The van der Waals surface area contributed by atoms with Gasteiger partial charge in [-0.3, -0.25) is 9.69 Å². The van der Waals surface area contributed by atoms with Crippen molar-refractivity contribution >= 4 is 22.9 Å². The van der Waals surface area contributed by atoms with Gasteiger partial charge in [-0.2, -0.15) is 0 Å². The molecular weight excluding hydrogens is 434 g/mol. The largest absolute Gasteiger partial charge is 0.497 e. The molecule has 1 aromatic heterocycles. The summed E-state index contributed by atoms with van der Waals surface area (Å²) in [6, 6.07) is 12.6. The third kappa shape index (κ3) is 4.61. The van der Waals surface area contributed by atoms with E-state index < -0.39 is 0 Å². The van der Waals surface area contributed by atoms with Crippen LogP contribution in [0.1, 0.15) is 29.0 Å². The van der Waals surface area contributed by atoms with E-state index in [0.29, 0.717) is 19.1 Å². The summed E-state index contributed by atoms with van der Waals surface area (Å²) in [7, 11) is 3.35. The zero-order chi connectivity index (χ0) is 22.9. The number of ether oxygens (including phenoxy) is 2. The zero-order valence-corrected chi connectivity index (χ0v) is 20.2. The van der Waals surface area contributed by atoms with Crippen LogP contribution in [0.5, 0.6) is 11.5 Å². The quantitative estimate of drug-likeness (QED) is 0.485. The minimum atomic E-state index is 0.153. The van der Waals surface area contributed by atoms with Crippen molar-refractivity contribution in [2.24, 2.45) is 0 Å². The lowest BCUT2D eigenvalue weighted by molar-refractivity contribution is -0.119. The lowest BCUT2D eigenvalue weighted by atomic mass is 10.1. The highest BCUT2D eigenvalue weighted by Gasteiger charge is 2.33. The molecule has 0 N–H and O–H groups in total. The van der Waals surface area contributed by atoms with E-state index in [2.05, 4.69) is 33.5 Å². The number of methoxy groups -OCH3 is 2. The molecule has 1 fully saturated rings. The van der Waals surface area contributed by atoms with Crippen molar-refractivity contribution in [1.82, 2.24) is 9.88 Å². The van der Waals surface area contributed by atoms with Crippen LogP contribution in [0.3, 0.4) is 0 Å². The lowest BCUT2D eigenvalue weighted by Gasteiger charge is -2.26. The summed E-state index contributed by atoms with van der Waals surface area (Å²) in [5.74, 6) is 1.78. The maximum atomic E-state index is 13.4. The van der Waals surface area contributed by atoms with Crippen LogP contribution in [0, 0.1) is 6.92 Å². The predicted octanol–water partition coefficient (Wildman–Crippen LogP) is 4.69. The van der Waals surface area contributed by atoms with Gasteiger partial charge in [0.25, 0.3) is 0 Å². The van der Waals surface area contributed by atoms with Gasteiger partial charge in [-0.25, -0.2) is 4.98 Å². The highest BCUT2D eigenvalue weighted by molar-refractivity contribution is 7.09.